The summed E-state index contributed by atoms with van der Waals surface area (Å²) in [6, 6.07) is 10.7. The van der Waals surface area contributed by atoms with Crippen LogP contribution in [-0.4, -0.2) is 17.9 Å². The van der Waals surface area contributed by atoms with Crippen LogP contribution in [0.15, 0.2) is 45.3 Å². The summed E-state index contributed by atoms with van der Waals surface area (Å²) in [6.45, 7) is 0.414. The highest BCUT2D eigenvalue weighted by Gasteiger charge is 2.16. The van der Waals surface area contributed by atoms with E-state index in [2.05, 4.69) is 31.9 Å². The number of carbonyl (C=O) groups is 1. The molecule has 0 fully saturated rings. The molecule has 2 aromatic rings. The Morgan fingerprint density at radius 1 is 1.14 bits per heavy atom. The van der Waals surface area contributed by atoms with Crippen LogP contribution in [0.1, 0.15) is 15.9 Å². The molecule has 1 amide bonds. The molecule has 0 saturated heterocycles. The normalized spacial score (nSPS) is 10.5. The number of hydrogen-bond acceptors (Lipinski definition) is 1. The maximum Gasteiger partial charge on any atom is 0.255 e. The number of nitrogens with zero attached hydrogens (tertiary/aromatic N) is 1. The third-order valence-corrected chi connectivity index (χ3v) is 4.67. The molecule has 0 heterocycles. The van der Waals surface area contributed by atoms with Crippen LogP contribution in [0.3, 0.4) is 0 Å². The van der Waals surface area contributed by atoms with Crippen molar-refractivity contribution >= 4 is 61.0 Å². The minimum atomic E-state index is -0.0830. The topological polar surface area (TPSA) is 20.3 Å². The summed E-state index contributed by atoms with van der Waals surface area (Å²) < 4.78 is 1.66. The van der Waals surface area contributed by atoms with Crippen molar-refractivity contribution in [2.45, 2.75) is 6.54 Å². The fourth-order valence-corrected chi connectivity index (χ4v) is 3.53. The van der Waals surface area contributed by atoms with E-state index in [-0.39, 0.29) is 5.91 Å². The van der Waals surface area contributed by atoms with Gasteiger partial charge in [0, 0.05) is 32.6 Å². The first kappa shape index (κ1) is 16.8. The quantitative estimate of drug-likeness (QED) is 0.578. The third-order valence-electron chi connectivity index (χ3n) is 2.93. The van der Waals surface area contributed by atoms with E-state index in [0.29, 0.717) is 22.2 Å². The number of benzene rings is 2. The van der Waals surface area contributed by atoms with Gasteiger partial charge in [-0.1, -0.05) is 45.2 Å². The van der Waals surface area contributed by atoms with E-state index in [1.54, 1.807) is 30.1 Å². The van der Waals surface area contributed by atoms with Crippen LogP contribution in [0.2, 0.25) is 10.0 Å². The maximum absolute atomic E-state index is 12.5. The van der Waals surface area contributed by atoms with Crippen molar-refractivity contribution in [1.29, 1.82) is 0 Å². The molecule has 0 N–H and O–H groups in total. The highest BCUT2D eigenvalue weighted by molar-refractivity contribution is 9.11. The monoisotopic (exact) mass is 449 g/mol. The molecule has 6 heteroatoms. The minimum absolute atomic E-state index is 0.0830. The Hall–Kier alpha value is -0.550. The summed E-state index contributed by atoms with van der Waals surface area (Å²) in [5.41, 5.74) is 1.45. The Bertz CT molecular complexity index is 691. The summed E-state index contributed by atoms with van der Waals surface area (Å²) in [5, 5.41) is 1.13. The second-order valence-corrected chi connectivity index (χ2v) is 7.13. The molecule has 0 saturated carbocycles. The molecule has 0 aliphatic carbocycles. The Balaban J connectivity index is 2.19. The van der Waals surface area contributed by atoms with Gasteiger partial charge in [0.05, 0.1) is 5.56 Å². The van der Waals surface area contributed by atoms with Gasteiger partial charge in [-0.3, -0.25) is 4.79 Å². The number of rotatable bonds is 3. The molecule has 0 spiro atoms. The molecule has 0 unspecified atom stereocenters. The van der Waals surface area contributed by atoms with Crippen LogP contribution >= 0.6 is 55.1 Å². The second-order valence-electron chi connectivity index (χ2n) is 4.52. The van der Waals surface area contributed by atoms with Crippen molar-refractivity contribution in [1.82, 2.24) is 4.90 Å². The van der Waals surface area contributed by atoms with Gasteiger partial charge >= 0.3 is 0 Å². The van der Waals surface area contributed by atoms with Gasteiger partial charge in [0.25, 0.3) is 5.91 Å². The lowest BCUT2D eigenvalue weighted by Gasteiger charge is -2.19. The molecule has 0 radical (unpaired) electrons. The van der Waals surface area contributed by atoms with Crippen LogP contribution in [0.5, 0.6) is 0 Å². The lowest BCUT2D eigenvalue weighted by Crippen LogP contribution is -2.26. The van der Waals surface area contributed by atoms with Gasteiger partial charge in [-0.15, -0.1) is 0 Å². The fourth-order valence-electron chi connectivity index (χ4n) is 1.85. The average molecular weight is 452 g/mol. The van der Waals surface area contributed by atoms with E-state index in [9.17, 15) is 4.79 Å². The van der Waals surface area contributed by atoms with Crippen LogP contribution in [0.25, 0.3) is 0 Å². The average Bonchev–Trinajstić information content (AvgIpc) is 2.41. The van der Waals surface area contributed by atoms with Crippen LogP contribution in [-0.2, 0) is 6.54 Å². The van der Waals surface area contributed by atoms with Crippen LogP contribution in [0, 0.1) is 0 Å². The summed E-state index contributed by atoms with van der Waals surface area (Å²) in [6.07, 6.45) is 0. The standard InChI is InChI=1S/C15H11Br2Cl2NO/c1-20(8-9-2-4-11(18)7-14(9)19)15(21)12-5-3-10(16)6-13(12)17/h2-7H,8H2,1H3. The van der Waals surface area contributed by atoms with E-state index >= 15 is 0 Å². The first-order valence-electron chi connectivity index (χ1n) is 6.03. The van der Waals surface area contributed by atoms with E-state index in [1.807, 2.05) is 18.2 Å². The highest BCUT2D eigenvalue weighted by Crippen LogP contribution is 2.25. The van der Waals surface area contributed by atoms with Gasteiger partial charge in [0.2, 0.25) is 0 Å². The first-order valence-corrected chi connectivity index (χ1v) is 8.37. The van der Waals surface area contributed by atoms with Gasteiger partial charge in [-0.25, -0.2) is 0 Å². The van der Waals surface area contributed by atoms with Crippen molar-refractivity contribution in [2.75, 3.05) is 7.05 Å². The zero-order valence-corrected chi connectivity index (χ0v) is 15.7. The summed E-state index contributed by atoms with van der Waals surface area (Å²) in [5.74, 6) is -0.0830. The third kappa shape index (κ3) is 4.22. The first-order chi connectivity index (χ1) is 9.88. The lowest BCUT2D eigenvalue weighted by molar-refractivity contribution is 0.0784. The molecule has 0 aromatic heterocycles. The molecule has 2 nitrogen and oxygen atoms in total. The van der Waals surface area contributed by atoms with E-state index in [1.165, 1.54) is 0 Å². The van der Waals surface area contributed by atoms with Crippen LogP contribution in [0.4, 0.5) is 0 Å². The SMILES string of the molecule is CN(Cc1ccc(Cl)cc1Cl)C(=O)c1ccc(Br)cc1Br. The summed E-state index contributed by atoms with van der Waals surface area (Å²) >= 11 is 18.8. The van der Waals surface area contributed by atoms with Gasteiger partial charge in [0.15, 0.2) is 0 Å². The predicted molar refractivity (Wildman–Crippen MR) is 94.1 cm³/mol. The van der Waals surface area contributed by atoms with E-state index in [4.69, 9.17) is 23.2 Å². The predicted octanol–water partition coefficient (Wildman–Crippen LogP) is 5.79. The molecular weight excluding hydrogens is 441 g/mol. The molecule has 0 bridgehead atoms. The molecular formula is C15H11Br2Cl2NO. The molecule has 110 valence electrons. The van der Waals surface area contributed by atoms with Crippen molar-refractivity contribution < 1.29 is 4.79 Å². The van der Waals surface area contributed by atoms with E-state index in [0.717, 1.165) is 14.5 Å². The van der Waals surface area contributed by atoms with Gasteiger partial charge in [-0.05, 0) is 51.8 Å². The Labute approximate surface area is 150 Å². The van der Waals surface area contributed by atoms with Crippen molar-refractivity contribution in [3.63, 3.8) is 0 Å². The van der Waals surface area contributed by atoms with E-state index < -0.39 is 0 Å². The number of halogens is 4. The van der Waals surface area contributed by atoms with Crippen molar-refractivity contribution in [2.24, 2.45) is 0 Å². The molecule has 2 rings (SSSR count). The lowest BCUT2D eigenvalue weighted by atomic mass is 10.1. The summed E-state index contributed by atoms with van der Waals surface area (Å²) in [4.78, 5) is 14.1. The summed E-state index contributed by atoms with van der Waals surface area (Å²) in [7, 11) is 1.74. The fraction of sp³-hybridized carbons (Fsp3) is 0.133. The molecule has 0 atom stereocenters. The maximum atomic E-state index is 12.5. The van der Waals surface area contributed by atoms with Crippen LogP contribution < -0.4 is 0 Å². The number of hydrogen-bond donors (Lipinski definition) is 0. The molecule has 21 heavy (non-hydrogen) atoms. The largest absolute Gasteiger partial charge is 0.337 e. The number of carbonyl (C=O) groups excluding carboxylic acids is 1. The smallest absolute Gasteiger partial charge is 0.255 e. The van der Waals surface area contributed by atoms with Gasteiger partial charge in [-0.2, -0.15) is 0 Å². The van der Waals surface area contributed by atoms with Crippen molar-refractivity contribution in [3.05, 3.63) is 66.5 Å². The Morgan fingerprint density at radius 2 is 1.86 bits per heavy atom. The Kier molecular flexibility index (Phi) is 5.72. The molecule has 2 aromatic carbocycles. The molecule has 0 aliphatic rings. The zero-order valence-electron chi connectivity index (χ0n) is 11.0. The zero-order chi connectivity index (χ0) is 15.6. The van der Waals surface area contributed by atoms with Gasteiger partial charge in [0.1, 0.15) is 0 Å². The van der Waals surface area contributed by atoms with Crippen molar-refractivity contribution in [3.8, 4) is 0 Å². The minimum Gasteiger partial charge on any atom is -0.337 e. The highest BCUT2D eigenvalue weighted by atomic mass is 79.9. The number of amides is 1. The second kappa shape index (κ2) is 7.14. The van der Waals surface area contributed by atoms with Gasteiger partial charge < -0.3 is 4.90 Å². The Morgan fingerprint density at radius 3 is 2.48 bits per heavy atom. The molecule has 0 aliphatic heterocycles.